The molecule has 0 aromatic rings. The molecule has 4 heteroatoms. The van der Waals surface area contributed by atoms with Crippen LogP contribution in [0.1, 0.15) is 25.7 Å². The van der Waals surface area contributed by atoms with Crippen molar-refractivity contribution in [3.8, 4) is 0 Å². The molecule has 0 spiro atoms. The van der Waals surface area contributed by atoms with Gasteiger partial charge < -0.3 is 10.6 Å². The summed E-state index contributed by atoms with van der Waals surface area (Å²) in [6.07, 6.45) is 4.50. The van der Waals surface area contributed by atoms with E-state index in [9.17, 15) is 0 Å². The maximum absolute atomic E-state index is 5.75. The normalized spacial score (nSPS) is 27.8. The Morgan fingerprint density at radius 1 is 1.55 bits per heavy atom. The lowest BCUT2D eigenvalue weighted by Crippen LogP contribution is -2.33. The minimum absolute atomic E-state index is 0. The average Bonchev–Trinajstić information content (AvgIpc) is 1.94. The van der Waals surface area contributed by atoms with Crippen molar-refractivity contribution in [2.45, 2.75) is 31.7 Å². The van der Waals surface area contributed by atoms with Crippen LogP contribution in [0.5, 0.6) is 0 Å². The number of rotatable bonds is 1. The minimum atomic E-state index is 0. The lowest BCUT2D eigenvalue weighted by molar-refractivity contribution is 0.210. The summed E-state index contributed by atoms with van der Waals surface area (Å²) in [4.78, 5) is 4.66. The highest BCUT2D eigenvalue weighted by Gasteiger charge is 2.16. The standard InChI is InChI=1S/C7H14N2O.ClH/c1-10-9-7-5-3-2-4-6(7)8;/h6H,2-5,8H2,1H3;1H/t6-;/m0./s1. The number of nitrogens with zero attached hydrogens (tertiary/aromatic N) is 1. The van der Waals surface area contributed by atoms with Crippen LogP contribution in [0, 0.1) is 0 Å². The van der Waals surface area contributed by atoms with E-state index in [0.29, 0.717) is 0 Å². The molecule has 1 saturated carbocycles. The fourth-order valence-electron chi connectivity index (χ4n) is 1.25. The molecule has 1 atom stereocenters. The second kappa shape index (κ2) is 5.38. The molecule has 0 aromatic heterocycles. The summed E-state index contributed by atoms with van der Waals surface area (Å²) in [6.45, 7) is 0. The van der Waals surface area contributed by atoms with Crippen molar-refractivity contribution in [3.05, 3.63) is 0 Å². The fourth-order valence-corrected chi connectivity index (χ4v) is 1.25. The highest BCUT2D eigenvalue weighted by Crippen LogP contribution is 2.13. The third-order valence-corrected chi connectivity index (χ3v) is 1.83. The second-order valence-corrected chi connectivity index (χ2v) is 2.62. The average molecular weight is 179 g/mol. The number of oxime groups is 1. The molecule has 66 valence electrons. The molecule has 3 nitrogen and oxygen atoms in total. The van der Waals surface area contributed by atoms with E-state index in [1.165, 1.54) is 12.8 Å². The Morgan fingerprint density at radius 2 is 2.27 bits per heavy atom. The lowest BCUT2D eigenvalue weighted by atomic mass is 9.94. The molecule has 1 aliphatic rings. The van der Waals surface area contributed by atoms with Crippen LogP contribution in [0.4, 0.5) is 0 Å². The summed E-state index contributed by atoms with van der Waals surface area (Å²) in [5.74, 6) is 0. The second-order valence-electron chi connectivity index (χ2n) is 2.62. The van der Waals surface area contributed by atoms with Crippen molar-refractivity contribution in [3.63, 3.8) is 0 Å². The van der Waals surface area contributed by atoms with Crippen LogP contribution in [0.3, 0.4) is 0 Å². The first-order chi connectivity index (χ1) is 4.84. The monoisotopic (exact) mass is 178 g/mol. The van der Waals surface area contributed by atoms with E-state index in [1.54, 1.807) is 7.11 Å². The molecule has 1 rings (SSSR count). The lowest BCUT2D eigenvalue weighted by Gasteiger charge is -2.18. The van der Waals surface area contributed by atoms with Gasteiger partial charge in [-0.05, 0) is 19.3 Å². The van der Waals surface area contributed by atoms with Gasteiger partial charge >= 0.3 is 0 Å². The van der Waals surface area contributed by atoms with Gasteiger partial charge in [0.25, 0.3) is 0 Å². The zero-order valence-corrected chi connectivity index (χ0v) is 7.56. The van der Waals surface area contributed by atoms with Gasteiger partial charge in [-0.25, -0.2) is 0 Å². The molecule has 2 N–H and O–H groups in total. The first kappa shape index (κ1) is 10.7. The van der Waals surface area contributed by atoms with E-state index in [-0.39, 0.29) is 18.4 Å². The topological polar surface area (TPSA) is 47.6 Å². The van der Waals surface area contributed by atoms with Gasteiger partial charge in [-0.3, -0.25) is 0 Å². The van der Waals surface area contributed by atoms with Crippen LogP contribution in [-0.4, -0.2) is 18.9 Å². The molecular formula is C7H15ClN2O. The van der Waals surface area contributed by atoms with Crippen molar-refractivity contribution in [2.24, 2.45) is 10.9 Å². The van der Waals surface area contributed by atoms with Crippen LogP contribution in [0.25, 0.3) is 0 Å². The van der Waals surface area contributed by atoms with E-state index in [2.05, 4.69) is 9.99 Å². The summed E-state index contributed by atoms with van der Waals surface area (Å²) in [5, 5.41) is 3.86. The van der Waals surface area contributed by atoms with Gasteiger partial charge in [-0.15, -0.1) is 12.4 Å². The van der Waals surface area contributed by atoms with Gasteiger partial charge in [-0.2, -0.15) is 0 Å². The number of halogens is 1. The molecule has 0 radical (unpaired) electrons. The zero-order valence-electron chi connectivity index (χ0n) is 6.75. The van der Waals surface area contributed by atoms with Gasteiger partial charge in [-0.1, -0.05) is 11.6 Å². The van der Waals surface area contributed by atoms with Crippen molar-refractivity contribution in [1.29, 1.82) is 0 Å². The van der Waals surface area contributed by atoms with Gasteiger partial charge in [0.1, 0.15) is 7.11 Å². The molecule has 11 heavy (non-hydrogen) atoms. The zero-order chi connectivity index (χ0) is 7.40. The summed E-state index contributed by atoms with van der Waals surface area (Å²) in [6, 6.07) is 0.147. The molecule has 0 aliphatic heterocycles. The molecule has 1 fully saturated rings. The summed E-state index contributed by atoms with van der Waals surface area (Å²) in [7, 11) is 1.56. The third-order valence-electron chi connectivity index (χ3n) is 1.83. The Balaban J connectivity index is 0.000001000. The Labute approximate surface area is 73.4 Å². The third kappa shape index (κ3) is 3.08. The van der Waals surface area contributed by atoms with Gasteiger partial charge in [0.15, 0.2) is 0 Å². The molecule has 1 aliphatic carbocycles. The van der Waals surface area contributed by atoms with Crippen molar-refractivity contribution in [2.75, 3.05) is 7.11 Å². The van der Waals surface area contributed by atoms with E-state index < -0.39 is 0 Å². The quantitative estimate of drug-likeness (QED) is 0.616. The number of nitrogens with two attached hydrogens (primary N) is 1. The predicted molar refractivity (Wildman–Crippen MR) is 48.1 cm³/mol. The summed E-state index contributed by atoms with van der Waals surface area (Å²) >= 11 is 0. The Kier molecular flexibility index (Phi) is 5.24. The Morgan fingerprint density at radius 3 is 2.82 bits per heavy atom. The molecular weight excluding hydrogens is 164 g/mol. The Bertz CT molecular complexity index is 138. The van der Waals surface area contributed by atoms with Gasteiger partial charge in [0.05, 0.1) is 5.71 Å². The van der Waals surface area contributed by atoms with Gasteiger partial charge in [0.2, 0.25) is 0 Å². The molecule has 0 unspecified atom stereocenters. The smallest absolute Gasteiger partial charge is 0.106 e. The van der Waals surface area contributed by atoms with E-state index in [4.69, 9.17) is 5.73 Å². The predicted octanol–water partition coefficient (Wildman–Crippen LogP) is 1.31. The van der Waals surface area contributed by atoms with Crippen LogP contribution in [-0.2, 0) is 4.84 Å². The first-order valence-corrected chi connectivity index (χ1v) is 3.70. The number of hydrogen-bond donors (Lipinski definition) is 1. The first-order valence-electron chi connectivity index (χ1n) is 3.70. The van der Waals surface area contributed by atoms with E-state index in [0.717, 1.165) is 18.6 Å². The summed E-state index contributed by atoms with van der Waals surface area (Å²) in [5.41, 5.74) is 6.78. The SMILES string of the molecule is CON=C1CCCC[C@@H]1N.Cl. The van der Waals surface area contributed by atoms with Crippen molar-refractivity contribution in [1.82, 2.24) is 0 Å². The maximum Gasteiger partial charge on any atom is 0.106 e. The maximum atomic E-state index is 5.75. The summed E-state index contributed by atoms with van der Waals surface area (Å²) < 4.78 is 0. The number of hydrogen-bond acceptors (Lipinski definition) is 3. The van der Waals surface area contributed by atoms with Crippen LogP contribution >= 0.6 is 12.4 Å². The van der Waals surface area contributed by atoms with Crippen molar-refractivity contribution < 1.29 is 4.84 Å². The molecule has 0 amide bonds. The molecule has 0 bridgehead atoms. The largest absolute Gasteiger partial charge is 0.399 e. The minimum Gasteiger partial charge on any atom is -0.399 e. The van der Waals surface area contributed by atoms with Crippen molar-refractivity contribution >= 4 is 18.1 Å². The van der Waals surface area contributed by atoms with Gasteiger partial charge in [0, 0.05) is 6.04 Å². The fraction of sp³-hybridized carbons (Fsp3) is 0.857. The molecule has 0 saturated heterocycles. The van der Waals surface area contributed by atoms with Crippen LogP contribution < -0.4 is 5.73 Å². The van der Waals surface area contributed by atoms with E-state index in [1.807, 2.05) is 0 Å². The highest BCUT2D eigenvalue weighted by atomic mass is 35.5. The Hall–Kier alpha value is -0.280. The highest BCUT2D eigenvalue weighted by molar-refractivity contribution is 5.89. The van der Waals surface area contributed by atoms with Crippen LogP contribution in [0.2, 0.25) is 0 Å². The molecule has 0 heterocycles. The van der Waals surface area contributed by atoms with E-state index >= 15 is 0 Å². The van der Waals surface area contributed by atoms with Crippen LogP contribution in [0.15, 0.2) is 5.16 Å². The molecule has 0 aromatic carbocycles.